The lowest BCUT2D eigenvalue weighted by molar-refractivity contribution is 0.00681. The Morgan fingerprint density at radius 1 is 1.16 bits per heavy atom. The average Bonchev–Trinajstić information content (AvgIpc) is 2.96. The van der Waals surface area contributed by atoms with Crippen molar-refractivity contribution < 1.29 is 19.1 Å². The molecule has 8 nitrogen and oxygen atoms in total. The van der Waals surface area contributed by atoms with Crippen LogP contribution >= 0.6 is 11.6 Å². The molecule has 31 heavy (non-hydrogen) atoms. The maximum absolute atomic E-state index is 12.7. The van der Waals surface area contributed by atoms with Crippen LogP contribution in [0.5, 0.6) is 0 Å². The topological polar surface area (TPSA) is 93.7 Å². The molecule has 2 saturated heterocycles. The predicted octanol–water partition coefficient (Wildman–Crippen LogP) is 4.41. The summed E-state index contributed by atoms with van der Waals surface area (Å²) in [5.41, 5.74) is 0.275. The van der Waals surface area contributed by atoms with E-state index in [-0.39, 0.29) is 29.9 Å². The Balaban J connectivity index is 1.53. The summed E-state index contributed by atoms with van der Waals surface area (Å²) in [6.07, 6.45) is 3.31. The highest BCUT2D eigenvalue weighted by molar-refractivity contribution is 6.30. The van der Waals surface area contributed by atoms with Crippen molar-refractivity contribution in [1.82, 2.24) is 14.9 Å². The summed E-state index contributed by atoms with van der Waals surface area (Å²) in [5, 5.41) is 4.57. The Morgan fingerprint density at radius 3 is 2.45 bits per heavy atom. The van der Waals surface area contributed by atoms with Gasteiger partial charge in [0.1, 0.15) is 22.3 Å². The number of anilines is 1. The van der Waals surface area contributed by atoms with Crippen LogP contribution in [0, 0.1) is 0 Å². The summed E-state index contributed by atoms with van der Waals surface area (Å²) in [6.45, 7) is 5.66. The van der Waals surface area contributed by atoms with Gasteiger partial charge in [-0.2, -0.15) is 0 Å². The number of halogens is 1. The number of nitrogens with one attached hydrogen (secondary N) is 1. The van der Waals surface area contributed by atoms with E-state index < -0.39 is 11.6 Å². The maximum atomic E-state index is 12.7. The fourth-order valence-electron chi connectivity index (χ4n) is 4.53. The molecule has 2 bridgehead atoms. The van der Waals surface area contributed by atoms with Gasteiger partial charge in [0.15, 0.2) is 0 Å². The Morgan fingerprint density at radius 2 is 1.84 bits per heavy atom. The van der Waals surface area contributed by atoms with Crippen molar-refractivity contribution in [2.75, 3.05) is 12.4 Å². The number of ether oxygens (including phenoxy) is 2. The Bertz CT molecular complexity index is 1010. The Hall–Kier alpha value is -2.61. The molecule has 2 aromatic rings. The lowest BCUT2D eigenvalue weighted by atomic mass is 9.97. The van der Waals surface area contributed by atoms with Gasteiger partial charge in [-0.3, -0.25) is 0 Å². The molecule has 2 atom stereocenters. The van der Waals surface area contributed by atoms with Crippen LogP contribution in [0.3, 0.4) is 0 Å². The lowest BCUT2D eigenvalue weighted by Crippen LogP contribution is -2.51. The third kappa shape index (κ3) is 4.54. The van der Waals surface area contributed by atoms with Gasteiger partial charge in [-0.25, -0.2) is 19.6 Å². The van der Waals surface area contributed by atoms with E-state index in [1.54, 1.807) is 18.2 Å². The van der Waals surface area contributed by atoms with Crippen LogP contribution in [-0.4, -0.2) is 57.8 Å². The molecule has 4 heterocycles. The van der Waals surface area contributed by atoms with E-state index in [0.717, 1.165) is 31.1 Å². The van der Waals surface area contributed by atoms with Crippen molar-refractivity contribution >= 4 is 40.4 Å². The molecule has 2 aromatic heterocycles. The first-order valence-electron chi connectivity index (χ1n) is 10.5. The second kappa shape index (κ2) is 8.15. The highest BCUT2D eigenvalue weighted by Crippen LogP contribution is 2.38. The number of nitrogens with zero attached hydrogens (tertiary/aromatic N) is 3. The zero-order valence-corrected chi connectivity index (χ0v) is 18.9. The first-order valence-corrected chi connectivity index (χ1v) is 10.9. The van der Waals surface area contributed by atoms with Crippen molar-refractivity contribution in [2.45, 2.75) is 70.2 Å². The van der Waals surface area contributed by atoms with Gasteiger partial charge in [-0.05, 0) is 58.6 Å². The molecule has 1 amide bonds. The number of amides is 1. The molecule has 1 N–H and O–H groups in total. The summed E-state index contributed by atoms with van der Waals surface area (Å²) in [6, 6.07) is 5.46. The van der Waals surface area contributed by atoms with Crippen LogP contribution in [0.4, 0.5) is 10.6 Å². The number of carbonyl (C=O) groups excluding carboxylic acids is 2. The van der Waals surface area contributed by atoms with Gasteiger partial charge in [0, 0.05) is 29.6 Å². The zero-order chi connectivity index (χ0) is 22.3. The number of hydrogen-bond acceptors (Lipinski definition) is 7. The van der Waals surface area contributed by atoms with Gasteiger partial charge in [-0.1, -0.05) is 11.6 Å². The molecule has 0 radical (unpaired) electrons. The van der Waals surface area contributed by atoms with Crippen LogP contribution in [0.2, 0.25) is 5.15 Å². The smallest absolute Gasteiger partial charge is 0.410 e. The summed E-state index contributed by atoms with van der Waals surface area (Å²) in [5.74, 6) is 0.122. The number of esters is 1. The Labute approximate surface area is 186 Å². The predicted molar refractivity (Wildman–Crippen MR) is 117 cm³/mol. The fourth-order valence-corrected chi connectivity index (χ4v) is 4.71. The van der Waals surface area contributed by atoms with Crippen LogP contribution in [-0.2, 0) is 9.47 Å². The molecule has 2 aliphatic rings. The summed E-state index contributed by atoms with van der Waals surface area (Å²) < 4.78 is 10.4. The summed E-state index contributed by atoms with van der Waals surface area (Å²) in [7, 11) is 1.32. The van der Waals surface area contributed by atoms with E-state index in [2.05, 4.69) is 15.3 Å². The van der Waals surface area contributed by atoms with Crippen LogP contribution in [0.15, 0.2) is 18.2 Å². The largest absolute Gasteiger partial charge is 0.464 e. The second-order valence-electron chi connectivity index (χ2n) is 9.13. The van der Waals surface area contributed by atoms with Gasteiger partial charge in [-0.15, -0.1) is 0 Å². The third-order valence-electron chi connectivity index (χ3n) is 5.73. The van der Waals surface area contributed by atoms with Gasteiger partial charge in [0.05, 0.1) is 12.6 Å². The van der Waals surface area contributed by atoms with Gasteiger partial charge < -0.3 is 19.7 Å². The molecule has 0 aliphatic carbocycles. The zero-order valence-electron chi connectivity index (χ0n) is 18.1. The second-order valence-corrected chi connectivity index (χ2v) is 9.52. The number of piperidine rings is 1. The fraction of sp³-hybridized carbons (Fsp3) is 0.545. The first kappa shape index (κ1) is 21.6. The van der Waals surface area contributed by atoms with Crippen molar-refractivity contribution in [2.24, 2.45) is 0 Å². The van der Waals surface area contributed by atoms with E-state index in [9.17, 15) is 9.59 Å². The minimum atomic E-state index is -0.509. The van der Waals surface area contributed by atoms with Crippen molar-refractivity contribution in [3.8, 4) is 0 Å². The highest BCUT2D eigenvalue weighted by Gasteiger charge is 2.45. The molecular weight excluding hydrogens is 420 g/mol. The number of methoxy groups -OCH3 is 1. The number of carbonyl (C=O) groups is 2. The number of hydrogen-bond donors (Lipinski definition) is 1. The minimum Gasteiger partial charge on any atom is -0.464 e. The van der Waals surface area contributed by atoms with Crippen LogP contribution in [0.25, 0.3) is 10.9 Å². The highest BCUT2D eigenvalue weighted by atomic mass is 35.5. The quantitative estimate of drug-likeness (QED) is 0.551. The monoisotopic (exact) mass is 446 g/mol. The van der Waals surface area contributed by atoms with Crippen LogP contribution < -0.4 is 5.32 Å². The number of fused-ring (bicyclic) bond motifs is 3. The van der Waals surface area contributed by atoms with E-state index in [1.807, 2.05) is 25.7 Å². The number of aromatic nitrogens is 2. The molecule has 2 aliphatic heterocycles. The van der Waals surface area contributed by atoms with Gasteiger partial charge in [0.2, 0.25) is 0 Å². The first-order chi connectivity index (χ1) is 14.6. The normalized spacial score (nSPS) is 23.0. The van der Waals surface area contributed by atoms with E-state index in [1.165, 1.54) is 7.11 Å². The standard InChI is InChI=1S/C22H27ClN4O4/c1-22(2,3)31-21(29)27-13-5-6-14(27)10-12(9-13)24-19-15-7-8-16(20(28)30-4)25-17(15)11-18(23)26-19/h7-8,11-14H,5-6,9-10H2,1-4H3,(H,24,26). The molecule has 166 valence electrons. The number of pyridine rings is 2. The van der Waals surface area contributed by atoms with Crippen molar-refractivity contribution in [1.29, 1.82) is 0 Å². The molecule has 0 saturated carbocycles. The summed E-state index contributed by atoms with van der Waals surface area (Å²) >= 11 is 6.23. The SMILES string of the molecule is COC(=O)c1ccc2c(NC3CC4CCC(C3)N4C(=O)OC(C)(C)C)nc(Cl)cc2n1. The third-order valence-corrected chi connectivity index (χ3v) is 5.92. The van der Waals surface area contributed by atoms with Crippen molar-refractivity contribution in [3.63, 3.8) is 0 Å². The molecule has 2 fully saturated rings. The average molecular weight is 447 g/mol. The van der Waals surface area contributed by atoms with Crippen LogP contribution in [0.1, 0.15) is 56.9 Å². The molecule has 0 aromatic carbocycles. The Kier molecular flexibility index (Phi) is 5.68. The van der Waals surface area contributed by atoms with E-state index in [0.29, 0.717) is 16.5 Å². The van der Waals surface area contributed by atoms with E-state index in [4.69, 9.17) is 21.1 Å². The van der Waals surface area contributed by atoms with Gasteiger partial charge >= 0.3 is 12.1 Å². The summed E-state index contributed by atoms with van der Waals surface area (Å²) in [4.78, 5) is 35.2. The van der Waals surface area contributed by atoms with Crippen molar-refractivity contribution in [3.05, 3.63) is 29.0 Å². The van der Waals surface area contributed by atoms with Gasteiger partial charge in [0.25, 0.3) is 0 Å². The molecular formula is C22H27ClN4O4. The lowest BCUT2D eigenvalue weighted by Gasteiger charge is -2.39. The minimum absolute atomic E-state index is 0.139. The molecule has 4 rings (SSSR count). The molecule has 0 spiro atoms. The molecule has 2 unspecified atom stereocenters. The maximum Gasteiger partial charge on any atom is 0.410 e. The molecule has 9 heteroatoms. The number of rotatable bonds is 3. The van der Waals surface area contributed by atoms with E-state index >= 15 is 0 Å².